The predicted octanol–water partition coefficient (Wildman–Crippen LogP) is 2.32. The van der Waals surface area contributed by atoms with E-state index in [0.29, 0.717) is 5.92 Å². The first-order chi connectivity index (χ1) is 6.76. The van der Waals surface area contributed by atoms with Gasteiger partial charge in [-0.25, -0.2) is 0 Å². The fourth-order valence-corrected chi connectivity index (χ4v) is 2.40. The monoisotopic (exact) mass is 190 g/mol. The average Bonchev–Trinajstić information content (AvgIpc) is 2.69. The second-order valence-corrected chi connectivity index (χ2v) is 4.37. The van der Waals surface area contributed by atoms with Crippen LogP contribution in [-0.4, -0.2) is 11.5 Å². The van der Waals surface area contributed by atoms with Crippen molar-refractivity contribution in [2.24, 2.45) is 5.92 Å². The van der Waals surface area contributed by atoms with E-state index in [4.69, 9.17) is 0 Å². The summed E-state index contributed by atoms with van der Waals surface area (Å²) < 4.78 is 0. The van der Waals surface area contributed by atoms with Gasteiger partial charge in [0.2, 0.25) is 0 Å². The first-order valence-corrected chi connectivity index (χ1v) is 5.42. The zero-order valence-corrected chi connectivity index (χ0v) is 8.96. The number of nitrogens with one attached hydrogen (secondary N) is 1. The van der Waals surface area contributed by atoms with E-state index in [1.165, 1.54) is 18.5 Å². The van der Waals surface area contributed by atoms with Crippen molar-refractivity contribution in [2.75, 3.05) is 6.54 Å². The molecule has 2 heteroatoms. The lowest BCUT2D eigenvalue weighted by Gasteiger charge is -2.33. The van der Waals surface area contributed by atoms with Gasteiger partial charge in [-0.3, -0.25) is 4.98 Å². The smallest absolute Gasteiger partial charge is 0.0632 e. The van der Waals surface area contributed by atoms with Gasteiger partial charge in [0, 0.05) is 6.20 Å². The van der Waals surface area contributed by atoms with E-state index in [1.54, 1.807) is 0 Å². The lowest BCUT2D eigenvalue weighted by molar-refractivity contribution is 0.269. The third-order valence-electron chi connectivity index (χ3n) is 3.30. The summed E-state index contributed by atoms with van der Waals surface area (Å²) >= 11 is 0. The SMILES string of the molecule is CC(C)C1(c2ccccn2)CCCN1. The molecule has 14 heavy (non-hydrogen) atoms. The number of nitrogens with zero attached hydrogens (tertiary/aromatic N) is 1. The van der Waals surface area contributed by atoms with Crippen LogP contribution in [0.3, 0.4) is 0 Å². The van der Waals surface area contributed by atoms with E-state index < -0.39 is 0 Å². The number of pyridine rings is 1. The van der Waals surface area contributed by atoms with Gasteiger partial charge in [0.1, 0.15) is 0 Å². The van der Waals surface area contributed by atoms with Crippen LogP contribution in [0.4, 0.5) is 0 Å². The Kier molecular flexibility index (Phi) is 2.55. The second kappa shape index (κ2) is 3.70. The molecule has 1 saturated heterocycles. The molecule has 0 bridgehead atoms. The molecule has 2 rings (SSSR count). The summed E-state index contributed by atoms with van der Waals surface area (Å²) in [6, 6.07) is 6.19. The Hall–Kier alpha value is -0.890. The van der Waals surface area contributed by atoms with Crippen molar-refractivity contribution in [3.63, 3.8) is 0 Å². The molecular formula is C12H18N2. The highest BCUT2D eigenvalue weighted by Gasteiger charge is 2.39. The first-order valence-electron chi connectivity index (χ1n) is 5.42. The molecule has 0 saturated carbocycles. The zero-order chi connectivity index (χ0) is 10.0. The van der Waals surface area contributed by atoms with Gasteiger partial charge in [-0.15, -0.1) is 0 Å². The molecule has 1 unspecified atom stereocenters. The normalized spacial score (nSPS) is 27.1. The Labute approximate surface area is 85.7 Å². The molecule has 0 aliphatic carbocycles. The molecular weight excluding hydrogens is 172 g/mol. The van der Waals surface area contributed by atoms with Crippen molar-refractivity contribution in [3.05, 3.63) is 30.1 Å². The average molecular weight is 190 g/mol. The van der Waals surface area contributed by atoms with E-state index >= 15 is 0 Å². The van der Waals surface area contributed by atoms with E-state index in [-0.39, 0.29) is 5.54 Å². The van der Waals surface area contributed by atoms with E-state index in [1.807, 2.05) is 12.3 Å². The third-order valence-corrected chi connectivity index (χ3v) is 3.30. The summed E-state index contributed by atoms with van der Waals surface area (Å²) in [6.45, 7) is 5.66. The highest BCUT2D eigenvalue weighted by molar-refractivity contribution is 5.18. The summed E-state index contributed by atoms with van der Waals surface area (Å²) in [5.41, 5.74) is 1.33. The molecule has 1 aromatic rings. The number of aromatic nitrogens is 1. The van der Waals surface area contributed by atoms with Crippen LogP contribution in [0.1, 0.15) is 32.4 Å². The molecule has 0 radical (unpaired) electrons. The van der Waals surface area contributed by atoms with Crippen LogP contribution in [0.25, 0.3) is 0 Å². The minimum atomic E-state index is 0.126. The molecule has 0 spiro atoms. The van der Waals surface area contributed by atoms with Gasteiger partial charge in [-0.05, 0) is 37.4 Å². The van der Waals surface area contributed by atoms with Gasteiger partial charge in [0.15, 0.2) is 0 Å². The zero-order valence-electron chi connectivity index (χ0n) is 8.96. The van der Waals surface area contributed by atoms with Crippen molar-refractivity contribution in [2.45, 2.75) is 32.2 Å². The third kappa shape index (κ3) is 1.44. The van der Waals surface area contributed by atoms with Gasteiger partial charge in [-0.2, -0.15) is 0 Å². The molecule has 1 fully saturated rings. The molecule has 1 aliphatic rings. The summed E-state index contributed by atoms with van der Waals surface area (Å²) in [5, 5.41) is 3.62. The maximum atomic E-state index is 4.49. The largest absolute Gasteiger partial charge is 0.306 e. The molecule has 2 heterocycles. The standard InChI is InChI=1S/C12H18N2/c1-10(2)12(7-5-9-14-12)11-6-3-4-8-13-11/h3-4,6,8,10,14H,5,7,9H2,1-2H3. The molecule has 1 atom stereocenters. The molecule has 1 aromatic heterocycles. The van der Waals surface area contributed by atoms with Crippen molar-refractivity contribution in [1.82, 2.24) is 10.3 Å². The Morgan fingerprint density at radius 3 is 2.79 bits per heavy atom. The molecule has 2 nitrogen and oxygen atoms in total. The fraction of sp³-hybridized carbons (Fsp3) is 0.583. The van der Waals surface area contributed by atoms with Crippen molar-refractivity contribution >= 4 is 0 Å². The van der Waals surface area contributed by atoms with Crippen LogP contribution < -0.4 is 5.32 Å². The number of rotatable bonds is 2. The van der Waals surface area contributed by atoms with Crippen LogP contribution in [0.2, 0.25) is 0 Å². The highest BCUT2D eigenvalue weighted by Crippen LogP contribution is 2.36. The Bertz CT molecular complexity index is 286. The van der Waals surface area contributed by atoms with Crippen molar-refractivity contribution in [1.29, 1.82) is 0 Å². The minimum Gasteiger partial charge on any atom is -0.306 e. The van der Waals surface area contributed by atoms with Crippen LogP contribution in [0, 0.1) is 5.92 Å². The van der Waals surface area contributed by atoms with Crippen molar-refractivity contribution < 1.29 is 0 Å². The number of hydrogen-bond donors (Lipinski definition) is 1. The van der Waals surface area contributed by atoms with Crippen LogP contribution in [0.5, 0.6) is 0 Å². The van der Waals surface area contributed by atoms with E-state index in [0.717, 1.165) is 6.54 Å². The second-order valence-electron chi connectivity index (χ2n) is 4.37. The maximum Gasteiger partial charge on any atom is 0.0632 e. The summed E-state index contributed by atoms with van der Waals surface area (Å²) in [4.78, 5) is 4.49. The van der Waals surface area contributed by atoms with Crippen molar-refractivity contribution in [3.8, 4) is 0 Å². The lowest BCUT2D eigenvalue weighted by atomic mass is 9.82. The van der Waals surface area contributed by atoms with Gasteiger partial charge >= 0.3 is 0 Å². The quantitative estimate of drug-likeness (QED) is 0.774. The van der Waals surface area contributed by atoms with Gasteiger partial charge in [-0.1, -0.05) is 19.9 Å². The maximum absolute atomic E-state index is 4.49. The first kappa shape index (κ1) is 9.66. The van der Waals surface area contributed by atoms with Gasteiger partial charge < -0.3 is 5.32 Å². The highest BCUT2D eigenvalue weighted by atomic mass is 15.0. The summed E-state index contributed by atoms with van der Waals surface area (Å²) in [6.07, 6.45) is 4.36. The molecule has 0 aromatic carbocycles. The molecule has 76 valence electrons. The molecule has 0 amide bonds. The lowest BCUT2D eigenvalue weighted by Crippen LogP contribution is -2.42. The van der Waals surface area contributed by atoms with E-state index in [9.17, 15) is 0 Å². The predicted molar refractivity (Wildman–Crippen MR) is 58.0 cm³/mol. The summed E-state index contributed by atoms with van der Waals surface area (Å²) in [5.74, 6) is 0.597. The molecule has 1 N–H and O–H groups in total. The van der Waals surface area contributed by atoms with Gasteiger partial charge in [0.05, 0.1) is 11.2 Å². The summed E-state index contributed by atoms with van der Waals surface area (Å²) in [7, 11) is 0. The van der Waals surface area contributed by atoms with Crippen LogP contribution >= 0.6 is 0 Å². The van der Waals surface area contributed by atoms with Crippen LogP contribution in [0.15, 0.2) is 24.4 Å². The Morgan fingerprint density at radius 1 is 1.43 bits per heavy atom. The van der Waals surface area contributed by atoms with E-state index in [2.05, 4.69) is 36.3 Å². The van der Waals surface area contributed by atoms with Crippen LogP contribution in [-0.2, 0) is 5.54 Å². The topological polar surface area (TPSA) is 24.9 Å². The molecule has 1 aliphatic heterocycles. The Balaban J connectivity index is 2.36. The minimum absolute atomic E-state index is 0.126. The number of hydrogen-bond acceptors (Lipinski definition) is 2. The fourth-order valence-electron chi connectivity index (χ4n) is 2.40. The Morgan fingerprint density at radius 2 is 2.29 bits per heavy atom. The van der Waals surface area contributed by atoms with Gasteiger partial charge in [0.25, 0.3) is 0 Å².